The zero-order chi connectivity index (χ0) is 15.7. The summed E-state index contributed by atoms with van der Waals surface area (Å²) >= 11 is 0. The average molecular weight is 298 g/mol. The van der Waals surface area contributed by atoms with Crippen LogP contribution >= 0.6 is 0 Å². The Kier molecular flexibility index (Phi) is 3.96. The van der Waals surface area contributed by atoms with Gasteiger partial charge in [-0.15, -0.1) is 0 Å². The van der Waals surface area contributed by atoms with Crippen LogP contribution in [-0.4, -0.2) is 20.7 Å². The van der Waals surface area contributed by atoms with Crippen molar-refractivity contribution in [1.82, 2.24) is 20.1 Å². The van der Waals surface area contributed by atoms with E-state index in [1.165, 1.54) is 17.7 Å². The third-order valence-electron chi connectivity index (χ3n) is 4.15. The van der Waals surface area contributed by atoms with Gasteiger partial charge in [0.15, 0.2) is 0 Å². The van der Waals surface area contributed by atoms with Crippen molar-refractivity contribution in [1.29, 1.82) is 0 Å². The molecule has 0 atom stereocenters. The molecule has 1 N–H and O–H groups in total. The van der Waals surface area contributed by atoms with Crippen LogP contribution in [0, 0.1) is 0 Å². The van der Waals surface area contributed by atoms with E-state index < -0.39 is 0 Å². The van der Waals surface area contributed by atoms with Gasteiger partial charge in [-0.05, 0) is 42.4 Å². The van der Waals surface area contributed by atoms with E-state index in [1.807, 2.05) is 12.3 Å². The number of aromatic nitrogens is 3. The Hall–Kier alpha value is -2.17. The number of aryl methyl sites for hydroxylation is 3. The van der Waals surface area contributed by atoms with Gasteiger partial charge in [0, 0.05) is 25.5 Å². The molecule has 0 spiro atoms. The molecule has 0 aliphatic heterocycles. The summed E-state index contributed by atoms with van der Waals surface area (Å²) in [5, 5.41) is 7.34. The maximum atomic E-state index is 12.3. The molecule has 1 aliphatic rings. The highest BCUT2D eigenvalue weighted by Gasteiger charge is 2.16. The number of pyridine rings is 1. The average Bonchev–Trinajstić information content (AvgIpc) is 3.10. The van der Waals surface area contributed by atoms with Gasteiger partial charge >= 0.3 is 0 Å². The summed E-state index contributed by atoms with van der Waals surface area (Å²) in [5.74, 6) is 0.219. The van der Waals surface area contributed by atoms with Gasteiger partial charge in [-0.1, -0.05) is 19.9 Å². The molecule has 0 bridgehead atoms. The smallest absolute Gasteiger partial charge is 0.269 e. The van der Waals surface area contributed by atoms with Gasteiger partial charge in [-0.25, -0.2) is 0 Å². The zero-order valence-corrected chi connectivity index (χ0v) is 13.4. The van der Waals surface area contributed by atoms with Crippen LogP contribution in [0.5, 0.6) is 0 Å². The van der Waals surface area contributed by atoms with Crippen LogP contribution in [0.15, 0.2) is 18.3 Å². The van der Waals surface area contributed by atoms with Crippen LogP contribution < -0.4 is 5.32 Å². The van der Waals surface area contributed by atoms with Crippen LogP contribution in [-0.2, 0) is 26.4 Å². The third kappa shape index (κ3) is 2.89. The molecule has 1 amide bonds. The molecule has 0 aromatic carbocycles. The third-order valence-corrected chi connectivity index (χ3v) is 4.15. The first-order valence-corrected chi connectivity index (χ1v) is 7.83. The minimum Gasteiger partial charge on any atom is -0.347 e. The van der Waals surface area contributed by atoms with E-state index in [0.717, 1.165) is 24.1 Å². The summed E-state index contributed by atoms with van der Waals surface area (Å²) in [6, 6.07) is 4.03. The highest BCUT2D eigenvalue weighted by Crippen LogP contribution is 2.20. The molecule has 22 heavy (non-hydrogen) atoms. The van der Waals surface area contributed by atoms with Crippen molar-refractivity contribution >= 4 is 5.91 Å². The Bertz CT molecular complexity index is 703. The summed E-state index contributed by atoms with van der Waals surface area (Å²) in [5.41, 5.74) is 5.13. The lowest BCUT2D eigenvalue weighted by Gasteiger charge is -2.07. The minimum atomic E-state index is -0.0950. The van der Waals surface area contributed by atoms with Crippen LogP contribution in [0.1, 0.15) is 59.2 Å². The number of nitrogens with one attached hydrogen (secondary N) is 1. The normalized spacial score (nSPS) is 13.5. The number of rotatable bonds is 4. The maximum Gasteiger partial charge on any atom is 0.269 e. The topological polar surface area (TPSA) is 59.8 Å². The molecule has 3 rings (SSSR count). The number of hydrogen-bond acceptors (Lipinski definition) is 3. The molecule has 0 unspecified atom stereocenters. The first-order valence-electron chi connectivity index (χ1n) is 7.83. The summed E-state index contributed by atoms with van der Waals surface area (Å²) in [7, 11) is 1.80. The Morgan fingerprint density at radius 2 is 2.18 bits per heavy atom. The van der Waals surface area contributed by atoms with Gasteiger partial charge in [-0.3, -0.25) is 14.5 Å². The molecule has 116 valence electrons. The zero-order valence-electron chi connectivity index (χ0n) is 13.4. The van der Waals surface area contributed by atoms with Gasteiger partial charge in [-0.2, -0.15) is 5.10 Å². The van der Waals surface area contributed by atoms with Gasteiger partial charge in [0.05, 0.1) is 5.69 Å². The summed E-state index contributed by atoms with van der Waals surface area (Å²) < 4.78 is 1.64. The molecule has 0 radical (unpaired) electrons. The second-order valence-electron chi connectivity index (χ2n) is 6.22. The highest BCUT2D eigenvalue weighted by molar-refractivity contribution is 5.92. The number of nitrogens with zero attached hydrogens (tertiary/aromatic N) is 3. The lowest BCUT2D eigenvalue weighted by atomic mass is 10.1. The predicted octanol–water partition coefficient (Wildman–Crippen LogP) is 2.36. The second kappa shape index (κ2) is 5.91. The quantitative estimate of drug-likeness (QED) is 0.942. The van der Waals surface area contributed by atoms with Crippen molar-refractivity contribution in [3.8, 4) is 0 Å². The van der Waals surface area contributed by atoms with Crippen LogP contribution in [0.3, 0.4) is 0 Å². The van der Waals surface area contributed by atoms with Crippen LogP contribution in [0.4, 0.5) is 0 Å². The van der Waals surface area contributed by atoms with E-state index in [9.17, 15) is 4.79 Å². The number of hydrogen-bond donors (Lipinski definition) is 1. The number of amides is 1. The molecule has 2 heterocycles. The SMILES string of the molecule is CC(C)c1cc(C(=O)NCc2cnc3c(c2)CCC3)n(C)n1. The predicted molar refractivity (Wildman–Crippen MR) is 84.7 cm³/mol. The van der Waals surface area contributed by atoms with Crippen molar-refractivity contribution < 1.29 is 4.79 Å². The summed E-state index contributed by atoms with van der Waals surface area (Å²) in [4.78, 5) is 16.8. The molecule has 2 aromatic rings. The van der Waals surface area contributed by atoms with Crippen LogP contribution in [0.2, 0.25) is 0 Å². The van der Waals surface area contributed by atoms with Crippen molar-refractivity contribution in [3.63, 3.8) is 0 Å². The fourth-order valence-electron chi connectivity index (χ4n) is 2.83. The molecule has 2 aromatic heterocycles. The van der Waals surface area contributed by atoms with Crippen molar-refractivity contribution in [2.24, 2.45) is 7.05 Å². The lowest BCUT2D eigenvalue weighted by Crippen LogP contribution is -2.25. The van der Waals surface area contributed by atoms with Gasteiger partial charge < -0.3 is 5.32 Å². The second-order valence-corrected chi connectivity index (χ2v) is 6.22. The number of fused-ring (bicyclic) bond motifs is 1. The van der Waals surface area contributed by atoms with Crippen LogP contribution in [0.25, 0.3) is 0 Å². The molecule has 0 fully saturated rings. The molecule has 1 aliphatic carbocycles. The molecular formula is C17H22N4O. The maximum absolute atomic E-state index is 12.3. The van der Waals surface area contributed by atoms with Gasteiger partial charge in [0.25, 0.3) is 5.91 Å². The highest BCUT2D eigenvalue weighted by atomic mass is 16.2. The first kappa shape index (κ1) is 14.8. The largest absolute Gasteiger partial charge is 0.347 e. The molecule has 0 saturated carbocycles. The molecule has 5 nitrogen and oxygen atoms in total. The fraction of sp³-hybridized carbons (Fsp3) is 0.471. The first-order chi connectivity index (χ1) is 10.5. The lowest BCUT2D eigenvalue weighted by molar-refractivity contribution is 0.0941. The summed E-state index contributed by atoms with van der Waals surface area (Å²) in [6.45, 7) is 4.64. The standard InChI is InChI=1S/C17H22N4O/c1-11(2)15-8-16(21(3)20-15)17(22)19-10-12-7-13-5-4-6-14(13)18-9-12/h7-9,11H,4-6,10H2,1-3H3,(H,19,22). The monoisotopic (exact) mass is 298 g/mol. The van der Waals surface area contributed by atoms with E-state index >= 15 is 0 Å². The van der Waals surface area contributed by atoms with Crippen molar-refractivity contribution in [2.75, 3.05) is 0 Å². The number of carbonyl (C=O) groups is 1. The van der Waals surface area contributed by atoms with E-state index in [1.54, 1.807) is 11.7 Å². The van der Waals surface area contributed by atoms with E-state index in [2.05, 4.69) is 35.3 Å². The van der Waals surface area contributed by atoms with Gasteiger partial charge in [0.1, 0.15) is 5.69 Å². The Balaban J connectivity index is 1.67. The fourth-order valence-corrected chi connectivity index (χ4v) is 2.83. The van der Waals surface area contributed by atoms with E-state index in [0.29, 0.717) is 18.2 Å². The summed E-state index contributed by atoms with van der Waals surface area (Å²) in [6.07, 6.45) is 5.23. The van der Waals surface area contributed by atoms with E-state index in [4.69, 9.17) is 0 Å². The molecule has 5 heteroatoms. The number of carbonyl (C=O) groups excluding carboxylic acids is 1. The molecule has 0 saturated heterocycles. The van der Waals surface area contributed by atoms with Gasteiger partial charge in [0.2, 0.25) is 0 Å². The van der Waals surface area contributed by atoms with E-state index in [-0.39, 0.29) is 5.91 Å². The molecular weight excluding hydrogens is 276 g/mol. The Morgan fingerprint density at radius 1 is 1.36 bits per heavy atom. The Morgan fingerprint density at radius 3 is 2.91 bits per heavy atom. The van der Waals surface area contributed by atoms with Crippen molar-refractivity contribution in [2.45, 2.75) is 45.6 Å². The van der Waals surface area contributed by atoms with Crippen molar-refractivity contribution in [3.05, 3.63) is 46.5 Å². The Labute approximate surface area is 130 Å². The minimum absolute atomic E-state index is 0.0950.